The Morgan fingerprint density at radius 3 is 2.79 bits per heavy atom. The molecule has 200 valence electrons. The lowest BCUT2D eigenvalue weighted by Gasteiger charge is -2.32. The summed E-state index contributed by atoms with van der Waals surface area (Å²) >= 11 is 0. The summed E-state index contributed by atoms with van der Waals surface area (Å²) in [6.07, 6.45) is 2.25. The summed E-state index contributed by atoms with van der Waals surface area (Å²) in [5, 5.41) is 5.70. The number of hydrogen-bond donors (Lipinski definition) is 2. The average molecular weight is 536 g/mol. The molecular formula is C27H24F3N7O2. The third-order valence-corrected chi connectivity index (χ3v) is 7.14. The first-order chi connectivity index (χ1) is 18.7. The van der Waals surface area contributed by atoms with Crippen LogP contribution in [0, 0.1) is 0 Å². The number of piperidine rings is 1. The van der Waals surface area contributed by atoms with Gasteiger partial charge < -0.3 is 15.5 Å². The Kier molecular flexibility index (Phi) is 5.96. The number of hydrogen-bond acceptors (Lipinski definition) is 6. The van der Waals surface area contributed by atoms with Crippen LogP contribution in [-0.4, -0.2) is 49.2 Å². The number of halogens is 3. The molecule has 4 aromatic rings. The van der Waals surface area contributed by atoms with Crippen LogP contribution in [0.25, 0.3) is 16.8 Å². The highest BCUT2D eigenvalue weighted by molar-refractivity contribution is 6.07. The number of fused-ring (bicyclic) bond motifs is 2. The molecule has 0 saturated carbocycles. The first-order valence-electron chi connectivity index (χ1n) is 12.6. The second kappa shape index (κ2) is 9.37. The van der Waals surface area contributed by atoms with Crippen molar-refractivity contribution in [1.29, 1.82) is 0 Å². The van der Waals surface area contributed by atoms with Crippen molar-refractivity contribution in [3.63, 3.8) is 0 Å². The van der Waals surface area contributed by atoms with E-state index in [-0.39, 0.29) is 23.2 Å². The van der Waals surface area contributed by atoms with E-state index >= 15 is 0 Å². The lowest BCUT2D eigenvalue weighted by molar-refractivity contribution is -0.137. The molecule has 39 heavy (non-hydrogen) atoms. The number of likely N-dealkylation sites (tertiary alicyclic amines) is 1. The SMILES string of the molecule is CCC(=O)N1CCCC(c2nc3c4c(nccn24)Nc2cc(C(=O)Nc4cc(C(F)(F)F)ccn4)ccc2-3)C1. The highest BCUT2D eigenvalue weighted by Crippen LogP contribution is 2.42. The Labute approximate surface area is 221 Å². The summed E-state index contributed by atoms with van der Waals surface area (Å²) in [6.45, 7) is 3.21. The van der Waals surface area contributed by atoms with Gasteiger partial charge in [0.15, 0.2) is 5.82 Å². The van der Waals surface area contributed by atoms with Gasteiger partial charge in [-0.1, -0.05) is 6.92 Å². The minimum Gasteiger partial charge on any atom is -0.342 e. The lowest BCUT2D eigenvalue weighted by Crippen LogP contribution is -2.39. The van der Waals surface area contributed by atoms with Crippen molar-refractivity contribution < 1.29 is 22.8 Å². The quantitative estimate of drug-likeness (QED) is 0.326. The van der Waals surface area contributed by atoms with Gasteiger partial charge in [0, 0.05) is 55.1 Å². The van der Waals surface area contributed by atoms with Gasteiger partial charge in [-0.15, -0.1) is 0 Å². The zero-order valence-corrected chi connectivity index (χ0v) is 20.9. The van der Waals surface area contributed by atoms with Crippen LogP contribution >= 0.6 is 0 Å². The van der Waals surface area contributed by atoms with Gasteiger partial charge in [0.1, 0.15) is 22.9 Å². The minimum atomic E-state index is -4.55. The van der Waals surface area contributed by atoms with Gasteiger partial charge in [0.25, 0.3) is 5.91 Å². The second-order valence-corrected chi connectivity index (χ2v) is 9.61. The molecule has 0 spiro atoms. The molecule has 0 aliphatic carbocycles. The normalized spacial score (nSPS) is 16.5. The number of benzene rings is 1. The molecule has 1 fully saturated rings. The number of carbonyl (C=O) groups is 2. The summed E-state index contributed by atoms with van der Waals surface area (Å²) in [7, 11) is 0. The van der Waals surface area contributed by atoms with Gasteiger partial charge in [-0.25, -0.2) is 15.0 Å². The first-order valence-corrected chi connectivity index (χ1v) is 12.6. The molecule has 1 atom stereocenters. The van der Waals surface area contributed by atoms with Crippen LogP contribution in [0.5, 0.6) is 0 Å². The molecule has 6 rings (SSSR count). The number of nitrogens with one attached hydrogen (secondary N) is 2. The van der Waals surface area contributed by atoms with Crippen LogP contribution in [0.2, 0.25) is 0 Å². The predicted molar refractivity (Wildman–Crippen MR) is 138 cm³/mol. The number of alkyl halides is 3. The number of amides is 2. The fourth-order valence-electron chi connectivity index (χ4n) is 5.25. The number of imidazole rings is 1. The maximum absolute atomic E-state index is 13.0. The molecule has 3 aromatic heterocycles. The second-order valence-electron chi connectivity index (χ2n) is 9.61. The van der Waals surface area contributed by atoms with E-state index in [4.69, 9.17) is 4.98 Å². The van der Waals surface area contributed by atoms with E-state index in [1.54, 1.807) is 24.4 Å². The fraction of sp³-hybridized carbons (Fsp3) is 0.296. The van der Waals surface area contributed by atoms with Gasteiger partial charge in [-0.05, 0) is 43.2 Å². The molecule has 12 heteroatoms. The van der Waals surface area contributed by atoms with E-state index in [1.165, 1.54) is 0 Å². The van der Waals surface area contributed by atoms with E-state index in [0.29, 0.717) is 30.2 Å². The van der Waals surface area contributed by atoms with E-state index in [1.807, 2.05) is 22.4 Å². The van der Waals surface area contributed by atoms with Crippen molar-refractivity contribution in [3.8, 4) is 11.3 Å². The highest BCUT2D eigenvalue weighted by atomic mass is 19.4. The van der Waals surface area contributed by atoms with Crippen LogP contribution in [0.1, 0.15) is 53.8 Å². The molecule has 1 saturated heterocycles. The van der Waals surface area contributed by atoms with Gasteiger partial charge in [0.2, 0.25) is 5.91 Å². The smallest absolute Gasteiger partial charge is 0.342 e. The number of carbonyl (C=O) groups excluding carboxylic acids is 2. The topological polar surface area (TPSA) is 105 Å². The maximum atomic E-state index is 13.0. The van der Waals surface area contributed by atoms with Gasteiger partial charge >= 0.3 is 6.18 Å². The van der Waals surface area contributed by atoms with Gasteiger partial charge in [-0.3, -0.25) is 14.0 Å². The fourth-order valence-corrected chi connectivity index (χ4v) is 5.25. The largest absolute Gasteiger partial charge is 0.416 e. The summed E-state index contributed by atoms with van der Waals surface area (Å²) in [4.78, 5) is 40.5. The van der Waals surface area contributed by atoms with Crippen LogP contribution in [0.3, 0.4) is 0 Å². The molecule has 2 aliphatic rings. The molecule has 1 unspecified atom stereocenters. The summed E-state index contributed by atoms with van der Waals surface area (Å²) in [5.41, 5.74) is 2.23. The van der Waals surface area contributed by atoms with Crippen molar-refractivity contribution in [2.45, 2.75) is 38.3 Å². The summed E-state index contributed by atoms with van der Waals surface area (Å²) in [6, 6.07) is 6.60. The zero-order chi connectivity index (χ0) is 27.3. The number of aromatic nitrogens is 4. The zero-order valence-electron chi connectivity index (χ0n) is 20.9. The van der Waals surface area contributed by atoms with Crippen LogP contribution in [0.15, 0.2) is 48.9 Å². The van der Waals surface area contributed by atoms with Gasteiger partial charge in [0.05, 0.1) is 11.3 Å². The molecule has 2 aliphatic heterocycles. The van der Waals surface area contributed by atoms with E-state index in [2.05, 4.69) is 20.6 Å². The van der Waals surface area contributed by atoms with Crippen molar-refractivity contribution >= 4 is 34.7 Å². The van der Waals surface area contributed by atoms with Crippen molar-refractivity contribution in [2.75, 3.05) is 23.7 Å². The number of pyridine rings is 1. The number of anilines is 3. The van der Waals surface area contributed by atoms with Crippen molar-refractivity contribution in [1.82, 2.24) is 24.3 Å². The lowest BCUT2D eigenvalue weighted by atomic mass is 9.97. The monoisotopic (exact) mass is 535 g/mol. The Morgan fingerprint density at radius 1 is 1.15 bits per heavy atom. The standard InChI is InChI=1S/C27H24F3N7O2/c1-2-21(38)36-10-3-4-16(14-36)25-35-22-18-6-5-15(12-19(18)33-24-23(22)37(25)11-9-32-24)26(39)34-20-13-17(7-8-31-20)27(28,29)30/h5-9,11-13,16H,2-4,10,14H2,1H3,(H,32,33)(H,31,34,39). The third kappa shape index (κ3) is 4.45. The minimum absolute atomic E-state index is 0.0670. The average Bonchev–Trinajstić information content (AvgIpc) is 3.33. The molecule has 2 amide bonds. The Hall–Kier alpha value is -4.48. The Balaban J connectivity index is 1.31. The molecular weight excluding hydrogens is 511 g/mol. The van der Waals surface area contributed by atoms with Crippen LogP contribution in [0.4, 0.5) is 30.5 Å². The molecule has 5 heterocycles. The van der Waals surface area contributed by atoms with E-state index < -0.39 is 17.6 Å². The molecule has 1 aromatic carbocycles. The molecule has 9 nitrogen and oxygen atoms in total. The van der Waals surface area contributed by atoms with Crippen LogP contribution in [-0.2, 0) is 11.0 Å². The summed E-state index contributed by atoms with van der Waals surface area (Å²) in [5.74, 6) is 0.827. The Morgan fingerprint density at radius 2 is 2.00 bits per heavy atom. The van der Waals surface area contributed by atoms with Crippen LogP contribution < -0.4 is 10.6 Å². The highest BCUT2D eigenvalue weighted by Gasteiger charge is 2.32. The predicted octanol–water partition coefficient (Wildman–Crippen LogP) is 5.24. The molecule has 2 N–H and O–H groups in total. The Bertz CT molecular complexity index is 1610. The van der Waals surface area contributed by atoms with Crippen molar-refractivity contribution in [2.24, 2.45) is 0 Å². The van der Waals surface area contributed by atoms with Crippen molar-refractivity contribution in [3.05, 3.63) is 65.9 Å². The molecule has 0 radical (unpaired) electrons. The van der Waals surface area contributed by atoms with E-state index in [0.717, 1.165) is 54.6 Å². The maximum Gasteiger partial charge on any atom is 0.416 e. The first kappa shape index (κ1) is 24.8. The summed E-state index contributed by atoms with van der Waals surface area (Å²) < 4.78 is 41.1. The number of rotatable bonds is 4. The van der Waals surface area contributed by atoms with Gasteiger partial charge in [-0.2, -0.15) is 13.2 Å². The number of nitrogens with zero attached hydrogens (tertiary/aromatic N) is 5. The van der Waals surface area contributed by atoms with E-state index in [9.17, 15) is 22.8 Å². The molecule has 0 bridgehead atoms. The third-order valence-electron chi connectivity index (χ3n) is 7.14.